The minimum atomic E-state index is -0.309. The molecule has 3 rings (SSSR count). The van der Waals surface area contributed by atoms with Crippen molar-refractivity contribution in [1.82, 2.24) is 5.32 Å². The highest BCUT2D eigenvalue weighted by atomic mass is 16.3. The Hall–Kier alpha value is -3.08. The molecule has 0 radical (unpaired) electrons. The van der Waals surface area contributed by atoms with Gasteiger partial charge in [-0.3, -0.25) is 9.59 Å². The van der Waals surface area contributed by atoms with Crippen molar-refractivity contribution in [2.24, 2.45) is 0 Å². The van der Waals surface area contributed by atoms with E-state index >= 15 is 0 Å². The molecule has 0 saturated carbocycles. The van der Waals surface area contributed by atoms with Gasteiger partial charge >= 0.3 is 0 Å². The number of aryl methyl sites for hydroxylation is 2. The summed E-state index contributed by atoms with van der Waals surface area (Å²) in [6, 6.07) is 12.5. The van der Waals surface area contributed by atoms with Crippen molar-refractivity contribution in [2.75, 3.05) is 12.4 Å². The fourth-order valence-corrected chi connectivity index (χ4v) is 2.64. The molecule has 0 unspecified atom stereocenters. The number of hydrogen-bond donors (Lipinski definition) is 2. The molecule has 0 saturated heterocycles. The minimum Gasteiger partial charge on any atom is -0.450 e. The van der Waals surface area contributed by atoms with E-state index in [-0.39, 0.29) is 11.8 Å². The van der Waals surface area contributed by atoms with Crippen molar-refractivity contribution in [2.45, 2.75) is 13.8 Å². The molecule has 2 amide bonds. The van der Waals surface area contributed by atoms with Crippen LogP contribution in [-0.2, 0) is 0 Å². The molecule has 122 valence electrons. The van der Waals surface area contributed by atoms with E-state index < -0.39 is 0 Å². The normalized spacial score (nSPS) is 10.6. The smallest absolute Gasteiger partial charge is 0.291 e. The molecule has 0 fully saturated rings. The molecule has 3 aromatic rings. The van der Waals surface area contributed by atoms with Gasteiger partial charge in [-0.2, -0.15) is 0 Å². The van der Waals surface area contributed by atoms with Crippen LogP contribution in [0.1, 0.15) is 32.0 Å². The number of hydrogen-bond acceptors (Lipinski definition) is 3. The number of fused-ring (bicyclic) bond motifs is 1. The number of nitrogens with one attached hydrogen (secondary N) is 2. The van der Waals surface area contributed by atoms with Crippen LogP contribution in [0.25, 0.3) is 11.0 Å². The fourth-order valence-electron chi connectivity index (χ4n) is 2.64. The Balaban J connectivity index is 1.86. The second-order valence-corrected chi connectivity index (χ2v) is 5.62. The molecular weight excluding hydrogens is 304 g/mol. The summed E-state index contributed by atoms with van der Waals surface area (Å²) in [5.41, 5.74) is 3.67. The van der Waals surface area contributed by atoms with Crippen molar-refractivity contribution in [3.8, 4) is 0 Å². The van der Waals surface area contributed by atoms with E-state index in [0.29, 0.717) is 17.0 Å². The summed E-state index contributed by atoms with van der Waals surface area (Å²) in [5, 5.41) is 6.29. The molecule has 0 aliphatic heterocycles. The van der Waals surface area contributed by atoms with Crippen molar-refractivity contribution in [1.29, 1.82) is 0 Å². The topological polar surface area (TPSA) is 71.3 Å². The van der Waals surface area contributed by atoms with Gasteiger partial charge in [0.2, 0.25) is 0 Å². The third-order valence-corrected chi connectivity index (χ3v) is 4.00. The van der Waals surface area contributed by atoms with Crippen LogP contribution in [0, 0.1) is 13.8 Å². The Morgan fingerprint density at radius 1 is 0.958 bits per heavy atom. The van der Waals surface area contributed by atoms with Crippen molar-refractivity contribution < 1.29 is 14.0 Å². The lowest BCUT2D eigenvalue weighted by Crippen LogP contribution is -2.18. The number of rotatable bonds is 3. The van der Waals surface area contributed by atoms with E-state index in [2.05, 4.69) is 10.6 Å². The van der Waals surface area contributed by atoms with Crippen LogP contribution < -0.4 is 10.6 Å². The van der Waals surface area contributed by atoms with Crippen LogP contribution in [0.2, 0.25) is 0 Å². The number of anilines is 1. The standard InChI is InChI=1S/C19H18N2O3/c1-11-5-4-6-15-12(2)17(24-16(11)15)19(23)21-14-9-7-13(8-10-14)18(22)20-3/h4-10H,1-3H3,(H,20,22)(H,21,23). The van der Waals surface area contributed by atoms with Gasteiger partial charge in [-0.1, -0.05) is 18.2 Å². The molecule has 2 aromatic carbocycles. The summed E-state index contributed by atoms with van der Waals surface area (Å²) < 4.78 is 5.77. The van der Waals surface area contributed by atoms with Gasteiger partial charge in [-0.15, -0.1) is 0 Å². The number of carbonyl (C=O) groups is 2. The molecule has 5 nitrogen and oxygen atoms in total. The number of amides is 2. The van der Waals surface area contributed by atoms with E-state index in [1.54, 1.807) is 31.3 Å². The average molecular weight is 322 g/mol. The molecule has 1 heterocycles. The van der Waals surface area contributed by atoms with Crippen molar-refractivity contribution in [3.63, 3.8) is 0 Å². The molecule has 24 heavy (non-hydrogen) atoms. The third-order valence-electron chi connectivity index (χ3n) is 4.00. The van der Waals surface area contributed by atoms with Crippen molar-refractivity contribution in [3.05, 3.63) is 64.9 Å². The molecule has 0 spiro atoms. The number of carbonyl (C=O) groups excluding carboxylic acids is 2. The van der Waals surface area contributed by atoms with Crippen LogP contribution in [0.5, 0.6) is 0 Å². The SMILES string of the molecule is CNC(=O)c1ccc(NC(=O)c2oc3c(C)cccc3c2C)cc1. The summed E-state index contributed by atoms with van der Waals surface area (Å²) >= 11 is 0. The Morgan fingerprint density at radius 3 is 2.29 bits per heavy atom. The highest BCUT2D eigenvalue weighted by Gasteiger charge is 2.18. The van der Waals surface area contributed by atoms with Gasteiger partial charge in [0.1, 0.15) is 5.58 Å². The van der Waals surface area contributed by atoms with E-state index in [4.69, 9.17) is 4.42 Å². The lowest BCUT2D eigenvalue weighted by molar-refractivity contribution is 0.0962. The first-order chi connectivity index (χ1) is 11.5. The van der Waals surface area contributed by atoms with Crippen LogP contribution in [0.4, 0.5) is 5.69 Å². The van der Waals surface area contributed by atoms with Gasteiger partial charge in [0, 0.05) is 29.2 Å². The molecular formula is C19H18N2O3. The highest BCUT2D eigenvalue weighted by Crippen LogP contribution is 2.28. The van der Waals surface area contributed by atoms with Crippen LogP contribution in [-0.4, -0.2) is 18.9 Å². The zero-order valence-corrected chi connectivity index (χ0v) is 13.8. The summed E-state index contributed by atoms with van der Waals surface area (Å²) in [6.07, 6.45) is 0. The Labute approximate surface area is 139 Å². The lowest BCUT2D eigenvalue weighted by atomic mass is 10.1. The van der Waals surface area contributed by atoms with Gasteiger partial charge in [-0.25, -0.2) is 0 Å². The molecule has 0 atom stereocenters. The number of furan rings is 1. The zero-order valence-electron chi connectivity index (χ0n) is 13.8. The lowest BCUT2D eigenvalue weighted by Gasteiger charge is -2.05. The summed E-state index contributed by atoms with van der Waals surface area (Å²) in [4.78, 5) is 24.0. The number of benzene rings is 2. The summed E-state index contributed by atoms with van der Waals surface area (Å²) in [6.45, 7) is 3.82. The van der Waals surface area contributed by atoms with E-state index in [1.807, 2.05) is 32.0 Å². The van der Waals surface area contributed by atoms with E-state index in [1.165, 1.54) is 0 Å². The first kappa shape index (κ1) is 15.8. The third kappa shape index (κ3) is 2.76. The maximum Gasteiger partial charge on any atom is 0.291 e. The predicted molar refractivity (Wildman–Crippen MR) is 93.5 cm³/mol. The molecule has 2 N–H and O–H groups in total. The Kier molecular flexibility index (Phi) is 4.08. The van der Waals surface area contributed by atoms with Gasteiger partial charge in [-0.05, 0) is 43.7 Å². The zero-order chi connectivity index (χ0) is 17.3. The molecule has 0 aliphatic carbocycles. The summed E-state index contributed by atoms with van der Waals surface area (Å²) in [7, 11) is 1.57. The molecule has 0 aliphatic rings. The van der Waals surface area contributed by atoms with Gasteiger partial charge in [0.05, 0.1) is 0 Å². The first-order valence-corrected chi connectivity index (χ1v) is 7.63. The average Bonchev–Trinajstić information content (AvgIpc) is 2.93. The Morgan fingerprint density at radius 2 is 1.67 bits per heavy atom. The fraction of sp³-hybridized carbons (Fsp3) is 0.158. The Bertz CT molecular complexity index is 924. The van der Waals surface area contributed by atoms with Gasteiger partial charge in [0.15, 0.2) is 5.76 Å². The monoisotopic (exact) mass is 322 g/mol. The molecule has 0 bridgehead atoms. The second-order valence-electron chi connectivity index (χ2n) is 5.62. The number of para-hydroxylation sites is 1. The van der Waals surface area contributed by atoms with Gasteiger partial charge in [0.25, 0.3) is 11.8 Å². The maximum absolute atomic E-state index is 12.5. The quantitative estimate of drug-likeness (QED) is 0.773. The van der Waals surface area contributed by atoms with E-state index in [0.717, 1.165) is 22.1 Å². The second kappa shape index (κ2) is 6.20. The predicted octanol–water partition coefficient (Wildman–Crippen LogP) is 3.66. The van der Waals surface area contributed by atoms with Crippen molar-refractivity contribution >= 4 is 28.5 Å². The van der Waals surface area contributed by atoms with Crippen LogP contribution in [0.3, 0.4) is 0 Å². The van der Waals surface area contributed by atoms with Crippen LogP contribution in [0.15, 0.2) is 46.9 Å². The van der Waals surface area contributed by atoms with E-state index in [9.17, 15) is 9.59 Å². The van der Waals surface area contributed by atoms with Crippen LogP contribution >= 0.6 is 0 Å². The first-order valence-electron chi connectivity index (χ1n) is 7.63. The maximum atomic E-state index is 12.5. The van der Waals surface area contributed by atoms with Gasteiger partial charge < -0.3 is 15.1 Å². The molecule has 5 heteroatoms. The highest BCUT2D eigenvalue weighted by molar-refractivity contribution is 6.07. The molecule has 1 aromatic heterocycles. The minimum absolute atomic E-state index is 0.170. The summed E-state index contributed by atoms with van der Waals surface area (Å²) in [5.74, 6) is -0.179. The largest absolute Gasteiger partial charge is 0.450 e.